The lowest BCUT2D eigenvalue weighted by molar-refractivity contribution is -0.145. The first-order valence-corrected chi connectivity index (χ1v) is 12.8. The van der Waals surface area contributed by atoms with Gasteiger partial charge in [-0.1, -0.05) is 82.9 Å². The van der Waals surface area contributed by atoms with Gasteiger partial charge in [0, 0.05) is 22.0 Å². The van der Waals surface area contributed by atoms with E-state index in [1.54, 1.807) is 0 Å². The largest absolute Gasteiger partial charge is 0.466 e. The van der Waals surface area contributed by atoms with Gasteiger partial charge >= 0.3 is 11.9 Å². The van der Waals surface area contributed by atoms with Crippen molar-refractivity contribution in [3.63, 3.8) is 0 Å². The maximum Gasteiger partial charge on any atom is 0.306 e. The molecule has 0 unspecified atom stereocenters. The summed E-state index contributed by atoms with van der Waals surface area (Å²) in [5, 5.41) is 0. The Morgan fingerprint density at radius 3 is 1.90 bits per heavy atom. The lowest BCUT2D eigenvalue weighted by atomic mass is 10.1. The molecule has 1 aromatic rings. The average Bonchev–Trinajstić information content (AvgIpc) is 2.74. The minimum atomic E-state index is -0.122. The van der Waals surface area contributed by atoms with Crippen LogP contribution in [0.15, 0.2) is 24.3 Å². The number of esters is 2. The topological polar surface area (TPSA) is 52.6 Å². The van der Waals surface area contributed by atoms with Crippen LogP contribution in [0, 0.1) is 3.57 Å². The van der Waals surface area contributed by atoms with Crippen LogP contribution in [0.1, 0.15) is 102 Å². The van der Waals surface area contributed by atoms with Crippen LogP contribution in [0.5, 0.6) is 0 Å². The molecule has 0 saturated carbocycles. The van der Waals surface area contributed by atoms with Gasteiger partial charge < -0.3 is 9.47 Å². The highest BCUT2D eigenvalue weighted by atomic mass is 127. The monoisotopic (exact) mass is 530 g/mol. The zero-order valence-corrected chi connectivity index (χ0v) is 20.8. The Morgan fingerprint density at radius 1 is 0.733 bits per heavy atom. The van der Waals surface area contributed by atoms with Crippen molar-refractivity contribution in [3.05, 3.63) is 33.4 Å². The minimum Gasteiger partial charge on any atom is -0.466 e. The van der Waals surface area contributed by atoms with Crippen LogP contribution in [0.3, 0.4) is 0 Å². The first kappa shape index (κ1) is 26.9. The number of benzene rings is 1. The van der Waals surface area contributed by atoms with E-state index in [2.05, 4.69) is 29.5 Å². The number of ether oxygens (including phenoxy) is 2. The Bertz CT molecular complexity index is 588. The second kappa shape index (κ2) is 18.6. The Balaban J connectivity index is 1.87. The SMILES string of the molecule is CCCCCCCCOC(=O)CCCCCCCCC(=O)OCc1ccccc1I. The molecular formula is C25H39IO4. The zero-order chi connectivity index (χ0) is 21.9. The highest BCUT2D eigenvalue weighted by Gasteiger charge is 2.06. The number of unbranched alkanes of at least 4 members (excludes halogenated alkanes) is 10. The fourth-order valence-corrected chi connectivity index (χ4v) is 3.78. The molecule has 0 aromatic heterocycles. The number of carbonyl (C=O) groups is 2. The summed E-state index contributed by atoms with van der Waals surface area (Å²) in [4.78, 5) is 23.5. The van der Waals surface area contributed by atoms with E-state index in [0.717, 1.165) is 60.5 Å². The summed E-state index contributed by atoms with van der Waals surface area (Å²) in [7, 11) is 0. The van der Waals surface area contributed by atoms with Crippen LogP contribution in [0.2, 0.25) is 0 Å². The van der Waals surface area contributed by atoms with Gasteiger partial charge in [0.2, 0.25) is 0 Å². The first-order valence-electron chi connectivity index (χ1n) is 11.7. The van der Waals surface area contributed by atoms with E-state index in [9.17, 15) is 9.59 Å². The van der Waals surface area contributed by atoms with Gasteiger partial charge in [-0.05, 0) is 47.9 Å². The van der Waals surface area contributed by atoms with E-state index in [1.807, 2.05) is 24.3 Å². The number of hydrogen-bond donors (Lipinski definition) is 0. The van der Waals surface area contributed by atoms with Crippen LogP contribution in [0.4, 0.5) is 0 Å². The summed E-state index contributed by atoms with van der Waals surface area (Å²) < 4.78 is 11.8. The van der Waals surface area contributed by atoms with E-state index >= 15 is 0 Å². The Morgan fingerprint density at radius 2 is 1.27 bits per heavy atom. The van der Waals surface area contributed by atoms with Crippen molar-refractivity contribution in [2.75, 3.05) is 6.61 Å². The van der Waals surface area contributed by atoms with Gasteiger partial charge in [0.15, 0.2) is 0 Å². The van der Waals surface area contributed by atoms with Gasteiger partial charge in [0.25, 0.3) is 0 Å². The molecule has 0 aliphatic carbocycles. The fraction of sp³-hybridized carbons (Fsp3) is 0.680. The molecule has 30 heavy (non-hydrogen) atoms. The summed E-state index contributed by atoms with van der Waals surface area (Å²) in [5.41, 5.74) is 1.05. The van der Waals surface area contributed by atoms with Gasteiger partial charge in [-0.2, -0.15) is 0 Å². The molecule has 0 radical (unpaired) electrons. The maximum atomic E-state index is 11.8. The van der Waals surface area contributed by atoms with Crippen molar-refractivity contribution >= 4 is 34.5 Å². The lowest BCUT2D eigenvalue weighted by Gasteiger charge is -2.07. The number of halogens is 1. The second-order valence-electron chi connectivity index (χ2n) is 7.86. The normalized spacial score (nSPS) is 10.7. The van der Waals surface area contributed by atoms with Gasteiger partial charge in [-0.15, -0.1) is 0 Å². The molecular weight excluding hydrogens is 491 g/mol. The standard InChI is InChI=1S/C25H39IO4/c1-2-3-4-5-10-15-20-29-24(27)18-11-8-6-7-9-12-19-25(28)30-21-22-16-13-14-17-23(22)26/h13-14,16-17H,2-12,15,18-21H2,1H3. The molecule has 0 aliphatic rings. The summed E-state index contributed by atoms with van der Waals surface area (Å²) in [6.45, 7) is 3.14. The van der Waals surface area contributed by atoms with Crippen LogP contribution in [-0.4, -0.2) is 18.5 Å². The fourth-order valence-electron chi connectivity index (χ4n) is 3.23. The van der Waals surface area contributed by atoms with E-state index in [4.69, 9.17) is 9.47 Å². The quantitative estimate of drug-likeness (QED) is 0.113. The zero-order valence-electron chi connectivity index (χ0n) is 18.6. The van der Waals surface area contributed by atoms with Gasteiger partial charge in [-0.3, -0.25) is 9.59 Å². The van der Waals surface area contributed by atoms with E-state index in [1.165, 1.54) is 25.7 Å². The summed E-state index contributed by atoms with van der Waals surface area (Å²) in [6.07, 6.45) is 14.3. The second-order valence-corrected chi connectivity index (χ2v) is 9.02. The summed E-state index contributed by atoms with van der Waals surface area (Å²) in [5.74, 6) is -0.179. The lowest BCUT2D eigenvalue weighted by Crippen LogP contribution is -2.05. The molecule has 0 atom stereocenters. The number of hydrogen-bond acceptors (Lipinski definition) is 4. The highest BCUT2D eigenvalue weighted by Crippen LogP contribution is 2.14. The Labute approximate surface area is 196 Å². The van der Waals surface area contributed by atoms with Crippen LogP contribution in [-0.2, 0) is 25.7 Å². The molecule has 1 rings (SSSR count). The molecule has 0 N–H and O–H groups in total. The predicted octanol–water partition coefficient (Wildman–Crippen LogP) is 7.36. The average molecular weight is 530 g/mol. The van der Waals surface area contributed by atoms with E-state index < -0.39 is 0 Å². The Kier molecular flexibility index (Phi) is 16.7. The first-order chi connectivity index (χ1) is 14.6. The third kappa shape index (κ3) is 14.8. The molecule has 4 nitrogen and oxygen atoms in total. The third-order valence-electron chi connectivity index (χ3n) is 5.12. The molecule has 0 bridgehead atoms. The number of carbonyl (C=O) groups excluding carboxylic acids is 2. The van der Waals surface area contributed by atoms with Crippen molar-refractivity contribution in [2.24, 2.45) is 0 Å². The highest BCUT2D eigenvalue weighted by molar-refractivity contribution is 14.1. The Hall–Kier alpha value is -1.11. The molecule has 0 spiro atoms. The smallest absolute Gasteiger partial charge is 0.306 e. The van der Waals surface area contributed by atoms with Gasteiger partial charge in [0.1, 0.15) is 6.61 Å². The molecule has 0 saturated heterocycles. The molecule has 0 aliphatic heterocycles. The minimum absolute atomic E-state index is 0.0561. The van der Waals surface area contributed by atoms with Crippen LogP contribution >= 0.6 is 22.6 Å². The van der Waals surface area contributed by atoms with Crippen molar-refractivity contribution in [2.45, 2.75) is 103 Å². The molecule has 1 aromatic carbocycles. The predicted molar refractivity (Wildman–Crippen MR) is 130 cm³/mol. The van der Waals surface area contributed by atoms with E-state index in [-0.39, 0.29) is 11.9 Å². The molecule has 0 fully saturated rings. The number of rotatable bonds is 18. The summed E-state index contributed by atoms with van der Waals surface area (Å²) >= 11 is 2.25. The maximum absolute atomic E-state index is 11.8. The summed E-state index contributed by atoms with van der Waals surface area (Å²) in [6, 6.07) is 7.94. The van der Waals surface area contributed by atoms with Crippen LogP contribution < -0.4 is 0 Å². The molecule has 0 amide bonds. The van der Waals surface area contributed by atoms with Crippen molar-refractivity contribution < 1.29 is 19.1 Å². The van der Waals surface area contributed by atoms with Crippen LogP contribution in [0.25, 0.3) is 0 Å². The van der Waals surface area contributed by atoms with Crippen molar-refractivity contribution in [1.82, 2.24) is 0 Å². The third-order valence-corrected chi connectivity index (χ3v) is 6.17. The molecule has 170 valence electrons. The molecule has 5 heteroatoms. The van der Waals surface area contributed by atoms with Crippen molar-refractivity contribution in [1.29, 1.82) is 0 Å². The van der Waals surface area contributed by atoms with E-state index in [0.29, 0.717) is 26.1 Å². The molecule has 0 heterocycles. The van der Waals surface area contributed by atoms with Gasteiger partial charge in [-0.25, -0.2) is 0 Å². The van der Waals surface area contributed by atoms with Crippen molar-refractivity contribution in [3.8, 4) is 0 Å². The van der Waals surface area contributed by atoms with Gasteiger partial charge in [0.05, 0.1) is 6.61 Å².